The molecule has 1 heterocycles. The summed E-state index contributed by atoms with van der Waals surface area (Å²) in [6, 6.07) is 9.96. The summed E-state index contributed by atoms with van der Waals surface area (Å²) in [6.07, 6.45) is 0. The van der Waals surface area contributed by atoms with Gasteiger partial charge < -0.3 is 14.7 Å². The molecule has 0 atom stereocenters. The van der Waals surface area contributed by atoms with Gasteiger partial charge in [0.05, 0.1) is 15.9 Å². The van der Waals surface area contributed by atoms with Crippen LogP contribution in [0.2, 0.25) is 0 Å². The van der Waals surface area contributed by atoms with Crippen molar-refractivity contribution in [1.82, 2.24) is 14.3 Å². The van der Waals surface area contributed by atoms with E-state index in [0.29, 0.717) is 11.3 Å². The fourth-order valence-corrected chi connectivity index (χ4v) is 4.04. The molecule has 0 amide bonds. The Morgan fingerprint density at radius 3 is 2.18 bits per heavy atom. The summed E-state index contributed by atoms with van der Waals surface area (Å²) < 4.78 is 32.4. The van der Waals surface area contributed by atoms with Crippen LogP contribution in [0.25, 0.3) is 11.0 Å². The zero-order chi connectivity index (χ0) is 20.5. The third-order valence-corrected chi connectivity index (χ3v) is 6.12. The molecule has 0 saturated heterocycles. The van der Waals surface area contributed by atoms with Crippen molar-refractivity contribution < 1.29 is 13.2 Å². The van der Waals surface area contributed by atoms with E-state index in [1.54, 1.807) is 0 Å². The lowest BCUT2D eigenvalue weighted by molar-refractivity contribution is 0.286. The van der Waals surface area contributed by atoms with Crippen molar-refractivity contribution in [2.75, 3.05) is 20.2 Å². The molecule has 1 aromatic heterocycles. The number of hydrogen-bond donors (Lipinski definition) is 2. The molecule has 0 fully saturated rings. The normalized spacial score (nSPS) is 11.9. The molecule has 0 aliphatic heterocycles. The summed E-state index contributed by atoms with van der Waals surface area (Å²) in [6.45, 7) is 4.27. The van der Waals surface area contributed by atoms with Gasteiger partial charge in [-0.2, -0.15) is 4.31 Å². The summed E-state index contributed by atoms with van der Waals surface area (Å²) in [5, 5.41) is 0. The second kappa shape index (κ2) is 7.61. The summed E-state index contributed by atoms with van der Waals surface area (Å²) in [4.78, 5) is 27.6. The maximum atomic E-state index is 12.8. The van der Waals surface area contributed by atoms with Crippen LogP contribution in [0.3, 0.4) is 0 Å². The van der Waals surface area contributed by atoms with Gasteiger partial charge >= 0.3 is 11.1 Å². The number of aromatic nitrogens is 2. The topological polar surface area (TPSA) is 112 Å². The van der Waals surface area contributed by atoms with Crippen LogP contribution >= 0.6 is 0 Å². The van der Waals surface area contributed by atoms with Crippen molar-refractivity contribution in [2.24, 2.45) is 0 Å². The molecule has 28 heavy (non-hydrogen) atoms. The third-order valence-electron chi connectivity index (χ3n) is 4.27. The van der Waals surface area contributed by atoms with Gasteiger partial charge in [-0.3, -0.25) is 9.59 Å². The smallest absolute Gasteiger partial charge is 0.314 e. The van der Waals surface area contributed by atoms with Gasteiger partial charge in [-0.05, 0) is 55.3 Å². The van der Waals surface area contributed by atoms with E-state index in [9.17, 15) is 18.0 Å². The Labute approximate surface area is 161 Å². The Morgan fingerprint density at radius 2 is 1.54 bits per heavy atom. The second-order valence-electron chi connectivity index (χ2n) is 6.61. The zero-order valence-corrected chi connectivity index (χ0v) is 16.6. The number of nitrogens with one attached hydrogen (secondary N) is 2. The van der Waals surface area contributed by atoms with Crippen LogP contribution in [0.5, 0.6) is 5.75 Å². The minimum atomic E-state index is -3.78. The number of hydrogen-bond acceptors (Lipinski definition) is 5. The molecule has 0 saturated carbocycles. The highest BCUT2D eigenvalue weighted by Crippen LogP contribution is 2.19. The molecule has 2 aromatic carbocycles. The Hall–Kier alpha value is -2.91. The van der Waals surface area contributed by atoms with Crippen LogP contribution in [0.1, 0.15) is 11.1 Å². The van der Waals surface area contributed by atoms with Gasteiger partial charge in [-0.15, -0.1) is 0 Å². The van der Waals surface area contributed by atoms with Crippen LogP contribution < -0.4 is 15.9 Å². The fraction of sp³-hybridized carbons (Fsp3) is 0.263. The number of aromatic amines is 2. The van der Waals surface area contributed by atoms with Crippen LogP contribution in [0, 0.1) is 13.8 Å². The highest BCUT2D eigenvalue weighted by atomic mass is 32.2. The standard InChI is InChI=1S/C19H21N3O5S/c1-12-8-13(2)10-14(9-12)27-7-6-22(3)28(25,26)15-4-5-16-17(11-15)21-19(24)18(23)20-16/h4-5,8-11H,6-7H2,1-3H3,(H,20,23)(H,21,24). The van der Waals surface area contributed by atoms with Crippen LogP contribution in [-0.4, -0.2) is 42.9 Å². The van der Waals surface area contributed by atoms with Crippen molar-refractivity contribution in [1.29, 1.82) is 0 Å². The van der Waals surface area contributed by atoms with Gasteiger partial charge in [0.15, 0.2) is 0 Å². The van der Waals surface area contributed by atoms with Gasteiger partial charge in [0.25, 0.3) is 0 Å². The number of rotatable bonds is 6. The van der Waals surface area contributed by atoms with E-state index in [0.717, 1.165) is 11.1 Å². The number of fused-ring (bicyclic) bond motifs is 1. The average molecular weight is 403 g/mol. The molecule has 0 unspecified atom stereocenters. The van der Waals surface area contributed by atoms with E-state index in [4.69, 9.17) is 4.74 Å². The molecule has 8 nitrogen and oxygen atoms in total. The number of H-pyrrole nitrogens is 2. The molecular weight excluding hydrogens is 382 g/mol. The molecule has 0 aliphatic rings. The lowest BCUT2D eigenvalue weighted by atomic mass is 10.1. The highest BCUT2D eigenvalue weighted by molar-refractivity contribution is 7.89. The maximum absolute atomic E-state index is 12.8. The predicted molar refractivity (Wildman–Crippen MR) is 106 cm³/mol. The molecule has 0 bridgehead atoms. The van der Waals surface area contributed by atoms with Gasteiger partial charge in [-0.1, -0.05) is 6.07 Å². The van der Waals surface area contributed by atoms with Crippen molar-refractivity contribution in [3.63, 3.8) is 0 Å². The van der Waals surface area contributed by atoms with Gasteiger partial charge in [-0.25, -0.2) is 8.42 Å². The van der Waals surface area contributed by atoms with E-state index < -0.39 is 21.1 Å². The molecule has 0 spiro atoms. The van der Waals surface area contributed by atoms with E-state index in [1.165, 1.54) is 29.6 Å². The van der Waals surface area contributed by atoms with Gasteiger partial charge in [0.1, 0.15) is 12.4 Å². The molecule has 0 radical (unpaired) electrons. The first-order valence-corrected chi connectivity index (χ1v) is 10.0. The molecular formula is C19H21N3O5S. The molecule has 3 rings (SSSR count). The lowest BCUT2D eigenvalue weighted by Crippen LogP contribution is -2.31. The summed E-state index contributed by atoms with van der Waals surface area (Å²) in [5.74, 6) is 0.690. The fourth-order valence-electron chi connectivity index (χ4n) is 2.86. The molecule has 148 valence electrons. The zero-order valence-electron chi connectivity index (χ0n) is 15.8. The molecule has 0 aliphatic carbocycles. The Bertz CT molecular complexity index is 1220. The maximum Gasteiger partial charge on any atom is 0.314 e. The summed E-state index contributed by atoms with van der Waals surface area (Å²) in [7, 11) is -2.33. The van der Waals surface area contributed by atoms with Crippen LogP contribution in [0.15, 0.2) is 50.9 Å². The Morgan fingerprint density at radius 1 is 0.929 bits per heavy atom. The summed E-state index contributed by atoms with van der Waals surface area (Å²) in [5.41, 5.74) is 1.11. The Kier molecular flexibility index (Phi) is 5.39. The first-order chi connectivity index (χ1) is 13.2. The van der Waals surface area contributed by atoms with Crippen molar-refractivity contribution >= 4 is 21.1 Å². The minimum Gasteiger partial charge on any atom is -0.492 e. The SMILES string of the molecule is Cc1cc(C)cc(OCCN(C)S(=O)(=O)c2ccc3[nH]c(=O)c(=O)[nH]c3c2)c1. The number of benzene rings is 2. The van der Waals surface area contributed by atoms with Gasteiger partial charge in [0.2, 0.25) is 10.0 Å². The molecule has 2 N–H and O–H groups in total. The first kappa shape index (κ1) is 19.8. The largest absolute Gasteiger partial charge is 0.492 e. The Balaban J connectivity index is 1.76. The minimum absolute atomic E-state index is 0.0107. The number of ether oxygens (including phenoxy) is 1. The second-order valence-corrected chi connectivity index (χ2v) is 8.66. The first-order valence-electron chi connectivity index (χ1n) is 8.60. The molecule has 3 aromatic rings. The number of nitrogens with zero attached hydrogens (tertiary/aromatic N) is 1. The van der Waals surface area contributed by atoms with E-state index >= 15 is 0 Å². The summed E-state index contributed by atoms with van der Waals surface area (Å²) >= 11 is 0. The number of aryl methyl sites for hydroxylation is 2. The van der Waals surface area contributed by atoms with Crippen LogP contribution in [0.4, 0.5) is 0 Å². The third kappa shape index (κ3) is 4.15. The predicted octanol–water partition coefficient (Wildman–Crippen LogP) is 1.53. The lowest BCUT2D eigenvalue weighted by Gasteiger charge is -2.18. The van der Waals surface area contributed by atoms with Gasteiger partial charge in [0, 0.05) is 13.6 Å². The molecule has 9 heteroatoms. The van der Waals surface area contributed by atoms with E-state index in [-0.39, 0.29) is 23.6 Å². The van der Waals surface area contributed by atoms with E-state index in [2.05, 4.69) is 9.97 Å². The average Bonchev–Trinajstić information content (AvgIpc) is 2.61. The number of sulfonamides is 1. The monoisotopic (exact) mass is 403 g/mol. The quantitative estimate of drug-likeness (QED) is 0.606. The van der Waals surface area contributed by atoms with Crippen molar-refractivity contribution in [3.8, 4) is 5.75 Å². The highest BCUT2D eigenvalue weighted by Gasteiger charge is 2.21. The van der Waals surface area contributed by atoms with E-state index in [1.807, 2.05) is 32.0 Å². The van der Waals surface area contributed by atoms with Crippen molar-refractivity contribution in [3.05, 3.63) is 68.2 Å². The van der Waals surface area contributed by atoms with Crippen LogP contribution in [-0.2, 0) is 10.0 Å². The van der Waals surface area contributed by atoms with Crippen molar-refractivity contribution in [2.45, 2.75) is 18.7 Å². The number of likely N-dealkylation sites (N-methyl/N-ethyl adjacent to an activating group) is 1.